The number of hydrogen-bond acceptors (Lipinski definition) is 3. The van der Waals surface area contributed by atoms with E-state index in [0.717, 1.165) is 24.4 Å². The van der Waals surface area contributed by atoms with E-state index in [0.29, 0.717) is 6.61 Å². The SMILES string of the molecule is CCCCN(C)CCCc1ccc(OCC)c(N)c1. The number of anilines is 1. The van der Waals surface area contributed by atoms with E-state index in [9.17, 15) is 0 Å². The van der Waals surface area contributed by atoms with Crippen molar-refractivity contribution in [2.45, 2.75) is 39.5 Å². The van der Waals surface area contributed by atoms with E-state index in [-0.39, 0.29) is 0 Å². The van der Waals surface area contributed by atoms with Crippen molar-refractivity contribution in [1.29, 1.82) is 0 Å². The van der Waals surface area contributed by atoms with E-state index in [1.54, 1.807) is 0 Å². The molecule has 0 radical (unpaired) electrons. The minimum atomic E-state index is 0.659. The molecule has 2 N–H and O–H groups in total. The monoisotopic (exact) mass is 264 g/mol. The molecule has 0 aromatic heterocycles. The van der Waals surface area contributed by atoms with Crippen LogP contribution in [-0.4, -0.2) is 31.6 Å². The van der Waals surface area contributed by atoms with Crippen molar-refractivity contribution in [2.75, 3.05) is 32.5 Å². The average molecular weight is 264 g/mol. The largest absolute Gasteiger partial charge is 0.492 e. The molecule has 108 valence electrons. The van der Waals surface area contributed by atoms with Gasteiger partial charge in [0.25, 0.3) is 0 Å². The number of unbranched alkanes of at least 4 members (excludes halogenated alkanes) is 1. The van der Waals surface area contributed by atoms with Gasteiger partial charge in [-0.05, 0) is 64.0 Å². The van der Waals surface area contributed by atoms with Crippen molar-refractivity contribution in [3.63, 3.8) is 0 Å². The van der Waals surface area contributed by atoms with Gasteiger partial charge in [-0.3, -0.25) is 0 Å². The van der Waals surface area contributed by atoms with Gasteiger partial charge in [0.1, 0.15) is 5.75 Å². The van der Waals surface area contributed by atoms with Crippen LogP contribution < -0.4 is 10.5 Å². The van der Waals surface area contributed by atoms with Crippen LogP contribution in [-0.2, 0) is 6.42 Å². The van der Waals surface area contributed by atoms with Crippen LogP contribution in [0.2, 0.25) is 0 Å². The third kappa shape index (κ3) is 5.97. The molecular weight excluding hydrogens is 236 g/mol. The number of hydrogen-bond donors (Lipinski definition) is 1. The first-order valence-electron chi connectivity index (χ1n) is 7.37. The number of benzene rings is 1. The first kappa shape index (κ1) is 15.8. The normalized spacial score (nSPS) is 10.9. The van der Waals surface area contributed by atoms with Gasteiger partial charge in [-0.1, -0.05) is 19.4 Å². The Balaban J connectivity index is 2.35. The molecule has 3 heteroatoms. The van der Waals surface area contributed by atoms with Gasteiger partial charge >= 0.3 is 0 Å². The maximum absolute atomic E-state index is 5.97. The highest BCUT2D eigenvalue weighted by molar-refractivity contribution is 5.54. The van der Waals surface area contributed by atoms with Crippen molar-refractivity contribution in [3.8, 4) is 5.75 Å². The number of nitrogens with two attached hydrogens (primary N) is 1. The van der Waals surface area contributed by atoms with E-state index in [1.165, 1.54) is 31.4 Å². The molecule has 0 heterocycles. The van der Waals surface area contributed by atoms with Gasteiger partial charge in [0.2, 0.25) is 0 Å². The lowest BCUT2D eigenvalue weighted by atomic mass is 10.1. The Bertz CT molecular complexity index is 366. The Morgan fingerprint density at radius 1 is 1.16 bits per heavy atom. The minimum Gasteiger partial charge on any atom is -0.492 e. The van der Waals surface area contributed by atoms with Crippen LogP contribution in [0.25, 0.3) is 0 Å². The minimum absolute atomic E-state index is 0.659. The number of nitrogens with zero attached hydrogens (tertiary/aromatic N) is 1. The molecule has 0 bridgehead atoms. The average Bonchev–Trinajstić information content (AvgIpc) is 2.39. The Hall–Kier alpha value is -1.22. The lowest BCUT2D eigenvalue weighted by Gasteiger charge is -2.16. The van der Waals surface area contributed by atoms with Crippen molar-refractivity contribution in [3.05, 3.63) is 23.8 Å². The number of aryl methyl sites for hydroxylation is 1. The first-order chi connectivity index (χ1) is 9.17. The molecule has 1 rings (SSSR count). The molecule has 0 unspecified atom stereocenters. The van der Waals surface area contributed by atoms with Crippen LogP contribution in [0.15, 0.2) is 18.2 Å². The molecule has 1 aromatic carbocycles. The summed E-state index contributed by atoms with van der Waals surface area (Å²) in [4.78, 5) is 2.40. The number of rotatable bonds is 9. The maximum atomic E-state index is 5.97. The lowest BCUT2D eigenvalue weighted by Crippen LogP contribution is -2.21. The molecule has 0 amide bonds. The summed E-state index contributed by atoms with van der Waals surface area (Å²) in [7, 11) is 2.20. The summed E-state index contributed by atoms with van der Waals surface area (Å²) in [5.41, 5.74) is 8.01. The van der Waals surface area contributed by atoms with Crippen LogP contribution in [0, 0.1) is 0 Å². The van der Waals surface area contributed by atoms with Crippen molar-refractivity contribution >= 4 is 5.69 Å². The molecule has 0 aliphatic carbocycles. The van der Waals surface area contributed by atoms with Crippen LogP contribution in [0.4, 0.5) is 5.69 Å². The molecule has 0 aliphatic heterocycles. The standard InChI is InChI=1S/C16H28N2O/c1-4-6-11-18(3)12-7-8-14-9-10-16(19-5-2)15(17)13-14/h9-10,13H,4-8,11-12,17H2,1-3H3. The summed E-state index contributed by atoms with van der Waals surface area (Å²) in [5.74, 6) is 0.798. The van der Waals surface area contributed by atoms with Crippen molar-refractivity contribution in [1.82, 2.24) is 4.90 Å². The molecule has 0 spiro atoms. The molecule has 3 nitrogen and oxygen atoms in total. The quantitative estimate of drug-likeness (QED) is 0.695. The van der Waals surface area contributed by atoms with Crippen LogP contribution in [0.5, 0.6) is 5.75 Å². The van der Waals surface area contributed by atoms with E-state index < -0.39 is 0 Å². The van der Waals surface area contributed by atoms with Gasteiger partial charge in [-0.25, -0.2) is 0 Å². The third-order valence-corrected chi connectivity index (χ3v) is 3.27. The summed E-state index contributed by atoms with van der Waals surface area (Å²) >= 11 is 0. The highest BCUT2D eigenvalue weighted by Gasteiger charge is 2.02. The van der Waals surface area contributed by atoms with Crippen molar-refractivity contribution < 1.29 is 4.74 Å². The van der Waals surface area contributed by atoms with Gasteiger partial charge in [0, 0.05) is 0 Å². The van der Waals surface area contributed by atoms with Gasteiger partial charge in [0.05, 0.1) is 12.3 Å². The second kappa shape index (κ2) is 8.81. The fourth-order valence-corrected chi connectivity index (χ4v) is 2.13. The van der Waals surface area contributed by atoms with E-state index in [1.807, 2.05) is 19.1 Å². The zero-order valence-corrected chi connectivity index (χ0v) is 12.6. The number of nitrogen functional groups attached to an aromatic ring is 1. The number of ether oxygens (including phenoxy) is 1. The van der Waals surface area contributed by atoms with Gasteiger partial charge < -0.3 is 15.4 Å². The second-order valence-electron chi connectivity index (χ2n) is 5.07. The van der Waals surface area contributed by atoms with Gasteiger partial charge in [-0.15, -0.1) is 0 Å². The van der Waals surface area contributed by atoms with Crippen LogP contribution >= 0.6 is 0 Å². The highest BCUT2D eigenvalue weighted by Crippen LogP contribution is 2.23. The summed E-state index contributed by atoms with van der Waals surface area (Å²) in [6, 6.07) is 6.14. The van der Waals surface area contributed by atoms with E-state index >= 15 is 0 Å². The molecule has 19 heavy (non-hydrogen) atoms. The molecular formula is C16H28N2O. The summed E-state index contributed by atoms with van der Waals surface area (Å²) < 4.78 is 5.45. The second-order valence-corrected chi connectivity index (χ2v) is 5.07. The first-order valence-corrected chi connectivity index (χ1v) is 7.37. The van der Waals surface area contributed by atoms with Crippen molar-refractivity contribution in [2.24, 2.45) is 0 Å². The Labute approximate surface area is 117 Å². The molecule has 0 atom stereocenters. The molecule has 0 saturated carbocycles. The fraction of sp³-hybridized carbons (Fsp3) is 0.625. The topological polar surface area (TPSA) is 38.5 Å². The van der Waals surface area contributed by atoms with Crippen LogP contribution in [0.3, 0.4) is 0 Å². The predicted octanol–water partition coefficient (Wildman–Crippen LogP) is 3.33. The Morgan fingerprint density at radius 2 is 1.89 bits per heavy atom. The van der Waals surface area contributed by atoms with E-state index in [4.69, 9.17) is 10.5 Å². The zero-order chi connectivity index (χ0) is 14.1. The summed E-state index contributed by atoms with van der Waals surface area (Å²) in [6.45, 7) is 7.21. The Kier molecular flexibility index (Phi) is 7.34. The molecule has 1 aromatic rings. The zero-order valence-electron chi connectivity index (χ0n) is 12.6. The Morgan fingerprint density at radius 3 is 2.53 bits per heavy atom. The van der Waals surface area contributed by atoms with Gasteiger partial charge in [0.15, 0.2) is 0 Å². The predicted molar refractivity (Wildman–Crippen MR) is 82.7 cm³/mol. The lowest BCUT2D eigenvalue weighted by molar-refractivity contribution is 0.323. The smallest absolute Gasteiger partial charge is 0.142 e. The molecule has 0 fully saturated rings. The molecule has 0 aliphatic rings. The maximum Gasteiger partial charge on any atom is 0.142 e. The van der Waals surface area contributed by atoms with Crippen LogP contribution in [0.1, 0.15) is 38.7 Å². The van der Waals surface area contributed by atoms with Gasteiger partial charge in [-0.2, -0.15) is 0 Å². The summed E-state index contributed by atoms with van der Waals surface area (Å²) in [6.07, 6.45) is 4.80. The fourth-order valence-electron chi connectivity index (χ4n) is 2.13. The highest BCUT2D eigenvalue weighted by atomic mass is 16.5. The third-order valence-electron chi connectivity index (χ3n) is 3.27. The summed E-state index contributed by atoms with van der Waals surface area (Å²) in [5, 5.41) is 0. The van der Waals surface area contributed by atoms with E-state index in [2.05, 4.69) is 24.9 Å². The molecule has 0 saturated heterocycles.